The van der Waals surface area contributed by atoms with Gasteiger partial charge in [-0.2, -0.15) is 11.3 Å². The molecule has 1 saturated carbocycles. The summed E-state index contributed by atoms with van der Waals surface area (Å²) in [4.78, 5) is 0. The van der Waals surface area contributed by atoms with Crippen molar-refractivity contribution in [1.82, 2.24) is 0 Å². The lowest BCUT2D eigenvalue weighted by atomic mass is 9.76. The summed E-state index contributed by atoms with van der Waals surface area (Å²) in [5.74, 6) is 1.29. The van der Waals surface area contributed by atoms with Crippen LogP contribution in [-0.2, 0) is 0 Å². The molecule has 0 bridgehead atoms. The third kappa shape index (κ3) is 2.69. The average molecular weight is 303 g/mol. The molecule has 0 aromatic carbocycles. The summed E-state index contributed by atoms with van der Waals surface area (Å²) >= 11 is 5.17. The van der Waals surface area contributed by atoms with Crippen LogP contribution < -0.4 is 0 Å². The Kier molecular flexibility index (Phi) is 4.45. The zero-order valence-electron chi connectivity index (χ0n) is 9.66. The lowest BCUT2D eigenvalue weighted by molar-refractivity contribution is 0.0676. The van der Waals surface area contributed by atoms with E-state index in [-0.39, 0.29) is 6.10 Å². The normalized spacial score (nSPS) is 27.9. The Morgan fingerprint density at radius 3 is 2.94 bits per heavy atom. The van der Waals surface area contributed by atoms with Gasteiger partial charge in [0.05, 0.1) is 6.10 Å². The molecule has 1 nitrogen and oxygen atoms in total. The van der Waals surface area contributed by atoms with E-state index in [2.05, 4.69) is 33.6 Å². The van der Waals surface area contributed by atoms with Crippen molar-refractivity contribution in [3.8, 4) is 0 Å². The molecule has 0 saturated heterocycles. The van der Waals surface area contributed by atoms with E-state index in [9.17, 15) is 5.11 Å². The molecular weight excluding hydrogens is 284 g/mol. The Balaban J connectivity index is 2.04. The topological polar surface area (TPSA) is 20.2 Å². The van der Waals surface area contributed by atoms with Gasteiger partial charge in [0.15, 0.2) is 0 Å². The van der Waals surface area contributed by atoms with Crippen molar-refractivity contribution in [3.05, 3.63) is 20.8 Å². The van der Waals surface area contributed by atoms with Crippen LogP contribution in [0.2, 0.25) is 0 Å². The summed E-state index contributed by atoms with van der Waals surface area (Å²) in [6, 6.07) is 0. The Hall–Kier alpha value is 0.140. The molecular formula is C13H19BrOS. The van der Waals surface area contributed by atoms with Crippen molar-refractivity contribution in [2.45, 2.75) is 45.1 Å². The van der Waals surface area contributed by atoms with E-state index < -0.39 is 0 Å². The fourth-order valence-corrected chi connectivity index (χ4v) is 4.31. The number of thiophene rings is 1. The molecule has 1 aliphatic carbocycles. The highest BCUT2D eigenvalue weighted by atomic mass is 79.9. The highest BCUT2D eigenvalue weighted by Crippen LogP contribution is 2.40. The molecule has 1 N–H and O–H groups in total. The van der Waals surface area contributed by atoms with E-state index in [4.69, 9.17) is 0 Å². The summed E-state index contributed by atoms with van der Waals surface area (Å²) in [7, 11) is 0. The second kappa shape index (κ2) is 5.65. The van der Waals surface area contributed by atoms with Gasteiger partial charge in [-0.05, 0) is 46.0 Å². The lowest BCUT2D eigenvalue weighted by Gasteiger charge is -2.31. The SMILES string of the molecule is CCC1CCCC(C(O)c2cscc2Br)C1. The van der Waals surface area contributed by atoms with Crippen LogP contribution in [0.3, 0.4) is 0 Å². The van der Waals surface area contributed by atoms with Gasteiger partial charge in [-0.1, -0.05) is 26.2 Å². The van der Waals surface area contributed by atoms with Crippen molar-refractivity contribution < 1.29 is 5.11 Å². The van der Waals surface area contributed by atoms with Gasteiger partial charge in [0.1, 0.15) is 0 Å². The van der Waals surface area contributed by atoms with Crippen molar-refractivity contribution in [2.75, 3.05) is 0 Å². The van der Waals surface area contributed by atoms with Crippen LogP contribution in [0.5, 0.6) is 0 Å². The molecule has 90 valence electrons. The molecule has 0 amide bonds. The van der Waals surface area contributed by atoms with E-state index in [0.29, 0.717) is 5.92 Å². The first kappa shape index (κ1) is 12.6. The van der Waals surface area contributed by atoms with Gasteiger partial charge in [-0.3, -0.25) is 0 Å². The predicted octanol–water partition coefficient (Wildman–Crippen LogP) is 4.76. The number of aliphatic hydroxyl groups excluding tert-OH is 1. The molecule has 3 atom stereocenters. The summed E-state index contributed by atoms with van der Waals surface area (Å²) in [6.07, 6.45) is 6.00. The van der Waals surface area contributed by atoms with Crippen LogP contribution in [0, 0.1) is 11.8 Å². The van der Waals surface area contributed by atoms with Crippen molar-refractivity contribution >= 4 is 27.3 Å². The summed E-state index contributed by atoms with van der Waals surface area (Å²) in [5, 5.41) is 14.5. The first-order chi connectivity index (χ1) is 7.72. The van der Waals surface area contributed by atoms with E-state index in [1.807, 2.05) is 0 Å². The molecule has 1 aromatic rings. The van der Waals surface area contributed by atoms with Crippen molar-refractivity contribution in [2.24, 2.45) is 11.8 Å². The fraction of sp³-hybridized carbons (Fsp3) is 0.692. The quantitative estimate of drug-likeness (QED) is 0.853. The molecule has 0 aliphatic heterocycles. The van der Waals surface area contributed by atoms with E-state index in [1.165, 1.54) is 32.1 Å². The fourth-order valence-electron chi connectivity index (χ4n) is 2.75. The number of aliphatic hydroxyl groups is 1. The minimum atomic E-state index is -0.269. The molecule has 1 fully saturated rings. The second-order valence-corrected chi connectivity index (χ2v) is 6.42. The zero-order valence-corrected chi connectivity index (χ0v) is 12.1. The maximum absolute atomic E-state index is 10.4. The van der Waals surface area contributed by atoms with Crippen LogP contribution in [0.4, 0.5) is 0 Å². The third-order valence-corrected chi connectivity index (χ3v) is 5.56. The zero-order chi connectivity index (χ0) is 11.5. The largest absolute Gasteiger partial charge is 0.388 e. The van der Waals surface area contributed by atoms with Crippen LogP contribution in [-0.4, -0.2) is 5.11 Å². The van der Waals surface area contributed by atoms with Crippen LogP contribution >= 0.6 is 27.3 Å². The van der Waals surface area contributed by atoms with Gasteiger partial charge in [0, 0.05) is 15.4 Å². The van der Waals surface area contributed by atoms with E-state index in [0.717, 1.165) is 16.0 Å². The van der Waals surface area contributed by atoms with Gasteiger partial charge >= 0.3 is 0 Å². The second-order valence-electron chi connectivity index (χ2n) is 4.82. The van der Waals surface area contributed by atoms with Crippen LogP contribution in [0.15, 0.2) is 15.2 Å². The van der Waals surface area contributed by atoms with E-state index in [1.54, 1.807) is 11.3 Å². The Bertz CT molecular complexity index is 336. The lowest BCUT2D eigenvalue weighted by Crippen LogP contribution is -2.21. The van der Waals surface area contributed by atoms with Gasteiger partial charge in [0.2, 0.25) is 0 Å². The van der Waals surface area contributed by atoms with Gasteiger partial charge in [0.25, 0.3) is 0 Å². The molecule has 1 heterocycles. The predicted molar refractivity (Wildman–Crippen MR) is 72.7 cm³/mol. The van der Waals surface area contributed by atoms with Crippen molar-refractivity contribution in [3.63, 3.8) is 0 Å². The minimum Gasteiger partial charge on any atom is -0.388 e. The van der Waals surface area contributed by atoms with Crippen molar-refractivity contribution in [1.29, 1.82) is 0 Å². The number of rotatable bonds is 3. The number of halogens is 1. The summed E-state index contributed by atoms with van der Waals surface area (Å²) < 4.78 is 1.07. The Labute approximate surface area is 110 Å². The number of hydrogen-bond acceptors (Lipinski definition) is 2. The molecule has 2 rings (SSSR count). The molecule has 3 unspecified atom stereocenters. The molecule has 3 heteroatoms. The maximum Gasteiger partial charge on any atom is 0.0837 e. The first-order valence-electron chi connectivity index (χ1n) is 6.12. The smallest absolute Gasteiger partial charge is 0.0837 e. The average Bonchev–Trinajstić information content (AvgIpc) is 2.74. The molecule has 16 heavy (non-hydrogen) atoms. The maximum atomic E-state index is 10.4. The Morgan fingerprint density at radius 2 is 2.31 bits per heavy atom. The molecule has 1 aliphatic rings. The first-order valence-corrected chi connectivity index (χ1v) is 7.85. The monoisotopic (exact) mass is 302 g/mol. The number of hydrogen-bond donors (Lipinski definition) is 1. The highest BCUT2D eigenvalue weighted by Gasteiger charge is 2.28. The van der Waals surface area contributed by atoms with Gasteiger partial charge in [-0.15, -0.1) is 0 Å². The standard InChI is InChI=1S/C13H19BrOS/c1-2-9-4-3-5-10(6-9)13(15)11-7-16-8-12(11)14/h7-10,13,15H,2-6H2,1H3. The van der Waals surface area contributed by atoms with E-state index >= 15 is 0 Å². The minimum absolute atomic E-state index is 0.269. The van der Waals surface area contributed by atoms with Gasteiger partial charge in [-0.25, -0.2) is 0 Å². The van der Waals surface area contributed by atoms with Gasteiger partial charge < -0.3 is 5.11 Å². The van der Waals surface area contributed by atoms with Crippen LogP contribution in [0.1, 0.15) is 50.7 Å². The molecule has 1 aromatic heterocycles. The molecule has 0 spiro atoms. The third-order valence-electron chi connectivity index (χ3n) is 3.81. The van der Waals surface area contributed by atoms with Crippen LogP contribution in [0.25, 0.3) is 0 Å². The Morgan fingerprint density at radius 1 is 1.50 bits per heavy atom. The highest BCUT2D eigenvalue weighted by molar-refractivity contribution is 9.10. The summed E-state index contributed by atoms with van der Waals surface area (Å²) in [5.41, 5.74) is 1.09. The summed E-state index contributed by atoms with van der Waals surface area (Å²) in [6.45, 7) is 2.26. The molecule has 0 radical (unpaired) electrons.